The Kier molecular flexibility index (Phi) is 8.38. The number of amides is 1. The monoisotopic (exact) mass is 214 g/mol. The largest absolute Gasteiger partial charge is 0.345 e. The summed E-state index contributed by atoms with van der Waals surface area (Å²) < 4.78 is 0. The highest BCUT2D eigenvalue weighted by atomic mass is 16.2. The molecule has 1 unspecified atom stereocenters. The number of carbonyl (C=O) groups is 1. The molecule has 0 rings (SSSR count). The summed E-state index contributed by atoms with van der Waals surface area (Å²) in [6.45, 7) is 5.67. The van der Waals surface area contributed by atoms with Crippen molar-refractivity contribution in [3.8, 4) is 0 Å². The summed E-state index contributed by atoms with van der Waals surface area (Å²) in [5, 5.41) is 0. The van der Waals surface area contributed by atoms with Crippen LogP contribution in [0.15, 0.2) is 0 Å². The minimum Gasteiger partial charge on any atom is -0.345 e. The van der Waals surface area contributed by atoms with Crippen molar-refractivity contribution in [2.24, 2.45) is 11.7 Å². The average molecular weight is 214 g/mol. The van der Waals surface area contributed by atoms with Crippen LogP contribution >= 0.6 is 0 Å². The molecule has 0 radical (unpaired) electrons. The standard InChI is InChI=1S/C12H26N2O/c1-4-5-6-7-8-12(15)14(3)10-11(2)9-13/h11H,4-10,13H2,1-3H3. The lowest BCUT2D eigenvalue weighted by Crippen LogP contribution is -2.33. The summed E-state index contributed by atoms with van der Waals surface area (Å²) in [6.07, 6.45) is 5.33. The zero-order valence-electron chi connectivity index (χ0n) is 10.5. The lowest BCUT2D eigenvalue weighted by Gasteiger charge is -2.20. The van der Waals surface area contributed by atoms with Gasteiger partial charge >= 0.3 is 0 Å². The molecule has 1 amide bonds. The topological polar surface area (TPSA) is 46.3 Å². The van der Waals surface area contributed by atoms with Gasteiger partial charge in [-0.2, -0.15) is 0 Å². The van der Waals surface area contributed by atoms with Crippen LogP contribution in [0.3, 0.4) is 0 Å². The molecule has 0 saturated heterocycles. The van der Waals surface area contributed by atoms with Crippen molar-refractivity contribution >= 4 is 5.91 Å². The Hall–Kier alpha value is -0.570. The van der Waals surface area contributed by atoms with E-state index in [0.717, 1.165) is 13.0 Å². The Morgan fingerprint density at radius 1 is 1.33 bits per heavy atom. The Labute approximate surface area is 94.0 Å². The van der Waals surface area contributed by atoms with Crippen LogP contribution in [0.1, 0.15) is 46.0 Å². The first kappa shape index (κ1) is 14.4. The van der Waals surface area contributed by atoms with Gasteiger partial charge in [-0.3, -0.25) is 4.79 Å². The van der Waals surface area contributed by atoms with E-state index in [9.17, 15) is 4.79 Å². The molecule has 90 valence electrons. The molecule has 1 atom stereocenters. The van der Waals surface area contributed by atoms with Crippen LogP contribution in [-0.2, 0) is 4.79 Å². The number of carbonyl (C=O) groups excluding carboxylic acids is 1. The molecular formula is C12H26N2O. The molecule has 0 aromatic rings. The molecule has 3 heteroatoms. The van der Waals surface area contributed by atoms with Gasteiger partial charge in [0.1, 0.15) is 0 Å². The van der Waals surface area contributed by atoms with Crippen molar-refractivity contribution in [2.45, 2.75) is 46.0 Å². The van der Waals surface area contributed by atoms with E-state index in [1.165, 1.54) is 19.3 Å². The van der Waals surface area contributed by atoms with Gasteiger partial charge in [0.25, 0.3) is 0 Å². The third-order valence-electron chi connectivity index (χ3n) is 2.66. The molecule has 0 spiro atoms. The van der Waals surface area contributed by atoms with Gasteiger partial charge in [-0.25, -0.2) is 0 Å². The van der Waals surface area contributed by atoms with Crippen LogP contribution in [0.25, 0.3) is 0 Å². The van der Waals surface area contributed by atoms with Crippen molar-refractivity contribution < 1.29 is 4.79 Å². The van der Waals surface area contributed by atoms with Crippen LogP contribution in [0, 0.1) is 5.92 Å². The Bertz CT molecular complexity index is 171. The Morgan fingerprint density at radius 3 is 2.53 bits per heavy atom. The molecular weight excluding hydrogens is 188 g/mol. The SMILES string of the molecule is CCCCCCC(=O)N(C)CC(C)CN. The minimum atomic E-state index is 0.256. The first-order chi connectivity index (χ1) is 7.11. The van der Waals surface area contributed by atoms with E-state index in [1.54, 1.807) is 0 Å². The molecule has 2 N–H and O–H groups in total. The van der Waals surface area contributed by atoms with Crippen LogP contribution in [0.4, 0.5) is 0 Å². The molecule has 0 aliphatic carbocycles. The highest BCUT2D eigenvalue weighted by molar-refractivity contribution is 5.75. The molecule has 0 fully saturated rings. The second-order valence-electron chi connectivity index (χ2n) is 4.43. The first-order valence-corrected chi connectivity index (χ1v) is 6.05. The number of nitrogens with zero attached hydrogens (tertiary/aromatic N) is 1. The summed E-state index contributed by atoms with van der Waals surface area (Å²) in [6, 6.07) is 0. The Balaban J connectivity index is 3.60. The van der Waals surface area contributed by atoms with Crippen molar-refractivity contribution in [1.29, 1.82) is 0 Å². The zero-order valence-corrected chi connectivity index (χ0v) is 10.5. The molecule has 0 heterocycles. The maximum absolute atomic E-state index is 11.6. The van der Waals surface area contributed by atoms with Gasteiger partial charge in [-0.15, -0.1) is 0 Å². The van der Waals surface area contributed by atoms with Crippen molar-refractivity contribution in [3.05, 3.63) is 0 Å². The molecule has 0 aromatic carbocycles. The van der Waals surface area contributed by atoms with Gasteiger partial charge in [-0.1, -0.05) is 33.1 Å². The quantitative estimate of drug-likeness (QED) is 0.628. The number of nitrogens with two attached hydrogens (primary N) is 1. The van der Waals surface area contributed by atoms with Gasteiger partial charge in [0, 0.05) is 20.0 Å². The minimum absolute atomic E-state index is 0.256. The highest BCUT2D eigenvalue weighted by Gasteiger charge is 2.10. The molecule has 0 aliphatic heterocycles. The average Bonchev–Trinajstić information content (AvgIpc) is 2.23. The van der Waals surface area contributed by atoms with Gasteiger partial charge < -0.3 is 10.6 Å². The summed E-state index contributed by atoms with van der Waals surface area (Å²) in [5.41, 5.74) is 5.52. The molecule has 0 aromatic heterocycles. The lowest BCUT2D eigenvalue weighted by molar-refractivity contribution is -0.130. The Morgan fingerprint density at radius 2 is 2.00 bits per heavy atom. The van der Waals surface area contributed by atoms with Crippen LogP contribution in [0.2, 0.25) is 0 Å². The van der Waals surface area contributed by atoms with E-state index in [-0.39, 0.29) is 5.91 Å². The van der Waals surface area contributed by atoms with Crippen LogP contribution in [-0.4, -0.2) is 30.9 Å². The normalized spacial score (nSPS) is 12.5. The van der Waals surface area contributed by atoms with Crippen molar-refractivity contribution in [2.75, 3.05) is 20.1 Å². The van der Waals surface area contributed by atoms with Gasteiger partial charge in [-0.05, 0) is 18.9 Å². The fraction of sp³-hybridized carbons (Fsp3) is 0.917. The van der Waals surface area contributed by atoms with E-state index >= 15 is 0 Å². The van der Waals surface area contributed by atoms with Gasteiger partial charge in [0.2, 0.25) is 5.91 Å². The van der Waals surface area contributed by atoms with E-state index < -0.39 is 0 Å². The molecule has 0 saturated carbocycles. The predicted molar refractivity (Wildman–Crippen MR) is 64.6 cm³/mol. The lowest BCUT2D eigenvalue weighted by atomic mass is 10.1. The number of hydrogen-bond acceptors (Lipinski definition) is 2. The highest BCUT2D eigenvalue weighted by Crippen LogP contribution is 2.05. The maximum Gasteiger partial charge on any atom is 0.222 e. The van der Waals surface area contributed by atoms with E-state index in [4.69, 9.17) is 5.73 Å². The maximum atomic E-state index is 11.6. The van der Waals surface area contributed by atoms with Crippen molar-refractivity contribution in [1.82, 2.24) is 4.90 Å². The molecule has 3 nitrogen and oxygen atoms in total. The van der Waals surface area contributed by atoms with E-state index in [0.29, 0.717) is 18.9 Å². The molecule has 0 aliphatic rings. The predicted octanol–water partition coefficient (Wildman–Crippen LogP) is 2.01. The molecule has 0 bridgehead atoms. The fourth-order valence-electron chi connectivity index (χ4n) is 1.54. The fourth-order valence-corrected chi connectivity index (χ4v) is 1.54. The third-order valence-corrected chi connectivity index (χ3v) is 2.66. The van der Waals surface area contributed by atoms with E-state index in [2.05, 4.69) is 13.8 Å². The second kappa shape index (κ2) is 8.72. The summed E-state index contributed by atoms with van der Waals surface area (Å²) in [4.78, 5) is 13.5. The van der Waals surface area contributed by atoms with Crippen LogP contribution in [0.5, 0.6) is 0 Å². The summed E-state index contributed by atoms with van der Waals surface area (Å²) >= 11 is 0. The van der Waals surface area contributed by atoms with Crippen molar-refractivity contribution in [3.63, 3.8) is 0 Å². The third kappa shape index (κ3) is 7.37. The summed E-state index contributed by atoms with van der Waals surface area (Å²) in [7, 11) is 1.87. The van der Waals surface area contributed by atoms with Crippen LogP contribution < -0.4 is 5.73 Å². The summed E-state index contributed by atoms with van der Waals surface area (Å²) in [5.74, 6) is 0.654. The first-order valence-electron chi connectivity index (χ1n) is 6.05. The smallest absolute Gasteiger partial charge is 0.222 e. The van der Waals surface area contributed by atoms with Gasteiger partial charge in [0.05, 0.1) is 0 Å². The second-order valence-corrected chi connectivity index (χ2v) is 4.43. The zero-order chi connectivity index (χ0) is 11.7. The molecule has 15 heavy (non-hydrogen) atoms. The van der Waals surface area contributed by atoms with E-state index in [1.807, 2.05) is 11.9 Å². The number of rotatable bonds is 8. The van der Waals surface area contributed by atoms with Gasteiger partial charge in [0.15, 0.2) is 0 Å². The number of unbranched alkanes of at least 4 members (excludes halogenated alkanes) is 3. The number of hydrogen-bond donors (Lipinski definition) is 1.